The lowest BCUT2D eigenvalue weighted by atomic mass is 9.91. The Bertz CT molecular complexity index is 960. The molecular weight excluding hydrogens is 432 g/mol. The van der Waals surface area contributed by atoms with Gasteiger partial charge in [0, 0.05) is 68.5 Å². The van der Waals surface area contributed by atoms with E-state index in [1.54, 1.807) is 0 Å². The van der Waals surface area contributed by atoms with Gasteiger partial charge in [0.15, 0.2) is 0 Å². The van der Waals surface area contributed by atoms with E-state index in [2.05, 4.69) is 9.80 Å². The first-order chi connectivity index (χ1) is 15.1. The Morgan fingerprint density at radius 2 is 1.61 bits per heavy atom. The number of hydrogen-bond donors (Lipinski definition) is 0. The molecule has 2 aromatic rings. The van der Waals surface area contributed by atoms with Gasteiger partial charge in [-0.2, -0.15) is 0 Å². The zero-order valence-electron chi connectivity index (χ0n) is 17.8. The Morgan fingerprint density at radius 3 is 2.26 bits per heavy atom. The van der Waals surface area contributed by atoms with E-state index in [4.69, 9.17) is 11.6 Å². The third-order valence-corrected chi connectivity index (χ3v) is 8.67. The maximum Gasteiger partial charge on any atom is 0.265 e. The maximum absolute atomic E-state index is 13.0. The fourth-order valence-corrected chi connectivity index (χ4v) is 6.26. The number of benzene rings is 1. The summed E-state index contributed by atoms with van der Waals surface area (Å²) in [5, 5.41) is 1.50. The number of nitrogens with zero attached hydrogens (tertiary/aromatic N) is 4. The average Bonchev–Trinajstić information content (AvgIpc) is 3.10. The lowest BCUT2D eigenvalue weighted by Gasteiger charge is -2.43. The summed E-state index contributed by atoms with van der Waals surface area (Å²) in [5.74, 6) is 0.227. The second kappa shape index (κ2) is 9.06. The minimum absolute atomic E-state index is 0.00397. The van der Waals surface area contributed by atoms with Crippen LogP contribution in [-0.4, -0.2) is 96.4 Å². The van der Waals surface area contributed by atoms with Gasteiger partial charge in [-0.15, -0.1) is 11.3 Å². The van der Waals surface area contributed by atoms with Crippen LogP contribution in [0.2, 0.25) is 5.02 Å². The molecule has 2 aliphatic heterocycles. The number of carbonyl (C=O) groups excluding carboxylic acids is 2. The standard InChI is InChI=1S/C23H29ClN4O2S/c24-21-18-6-1-2-7-19(18)31-22(21)23(30)28-10-8-25(9-11-28)16-20(29)27-14-12-26(13-15-27)17-4-3-5-17/h1-2,6-7,17H,3-5,8-16H2. The topological polar surface area (TPSA) is 47.1 Å². The number of piperazine rings is 2. The minimum atomic E-state index is 0.00397. The SMILES string of the molecule is O=C(CN1CCN(C(=O)c2sc3ccccc3c2Cl)CC1)N1CCN(C2CCC2)CC1. The normalized spacial score (nSPS) is 21.5. The van der Waals surface area contributed by atoms with Crippen molar-refractivity contribution in [2.75, 3.05) is 58.9 Å². The molecule has 6 nitrogen and oxygen atoms in total. The highest BCUT2D eigenvalue weighted by Gasteiger charge is 2.31. The number of thiophene rings is 1. The highest BCUT2D eigenvalue weighted by atomic mass is 35.5. The summed E-state index contributed by atoms with van der Waals surface area (Å²) in [5.41, 5.74) is 0. The van der Waals surface area contributed by atoms with E-state index < -0.39 is 0 Å². The van der Waals surface area contributed by atoms with E-state index in [0.717, 1.165) is 55.4 Å². The Balaban J connectivity index is 1.11. The van der Waals surface area contributed by atoms with Gasteiger partial charge >= 0.3 is 0 Å². The smallest absolute Gasteiger partial charge is 0.265 e. The number of hydrogen-bond acceptors (Lipinski definition) is 5. The zero-order chi connectivity index (χ0) is 21.4. The molecule has 5 rings (SSSR count). The van der Waals surface area contributed by atoms with Crippen LogP contribution in [0.5, 0.6) is 0 Å². The van der Waals surface area contributed by atoms with Gasteiger partial charge in [-0.3, -0.25) is 19.4 Å². The summed E-state index contributed by atoms with van der Waals surface area (Å²) >= 11 is 7.96. The molecule has 1 saturated carbocycles. The summed E-state index contributed by atoms with van der Waals surface area (Å²) in [7, 11) is 0. The van der Waals surface area contributed by atoms with Gasteiger partial charge in [-0.05, 0) is 18.9 Å². The Hall–Kier alpha value is -1.67. The lowest BCUT2D eigenvalue weighted by Crippen LogP contribution is -2.56. The van der Waals surface area contributed by atoms with Gasteiger partial charge < -0.3 is 9.80 Å². The highest BCUT2D eigenvalue weighted by Crippen LogP contribution is 2.36. The summed E-state index contributed by atoms with van der Waals surface area (Å²) in [4.78, 5) is 35.1. The molecule has 0 unspecified atom stereocenters. The van der Waals surface area contributed by atoms with Crippen molar-refractivity contribution in [2.24, 2.45) is 0 Å². The molecule has 0 N–H and O–H groups in total. The Morgan fingerprint density at radius 1 is 0.935 bits per heavy atom. The van der Waals surface area contributed by atoms with E-state index in [1.807, 2.05) is 34.1 Å². The minimum Gasteiger partial charge on any atom is -0.339 e. The molecule has 3 fully saturated rings. The molecule has 166 valence electrons. The van der Waals surface area contributed by atoms with Crippen LogP contribution in [0.25, 0.3) is 10.1 Å². The van der Waals surface area contributed by atoms with E-state index in [1.165, 1.54) is 30.6 Å². The van der Waals surface area contributed by atoms with E-state index >= 15 is 0 Å². The molecule has 0 bridgehead atoms. The number of fused-ring (bicyclic) bond motifs is 1. The lowest BCUT2D eigenvalue weighted by molar-refractivity contribution is -0.135. The maximum atomic E-state index is 13.0. The molecule has 31 heavy (non-hydrogen) atoms. The first kappa shape index (κ1) is 21.2. The molecule has 0 spiro atoms. The fraction of sp³-hybridized carbons (Fsp3) is 0.565. The molecule has 1 aromatic carbocycles. The second-order valence-electron chi connectivity index (χ2n) is 8.81. The van der Waals surface area contributed by atoms with Crippen LogP contribution in [-0.2, 0) is 4.79 Å². The molecule has 0 atom stereocenters. The van der Waals surface area contributed by atoms with Gasteiger partial charge in [-0.1, -0.05) is 36.2 Å². The molecule has 1 aliphatic carbocycles. The quantitative estimate of drug-likeness (QED) is 0.703. The van der Waals surface area contributed by atoms with Crippen molar-refractivity contribution in [1.29, 1.82) is 0 Å². The first-order valence-electron chi connectivity index (χ1n) is 11.3. The molecule has 3 aliphatic rings. The average molecular weight is 461 g/mol. The van der Waals surface area contributed by atoms with Crippen molar-refractivity contribution in [1.82, 2.24) is 19.6 Å². The summed E-state index contributed by atoms with van der Waals surface area (Å²) in [6.07, 6.45) is 4.00. The van der Waals surface area contributed by atoms with E-state index in [-0.39, 0.29) is 11.8 Å². The first-order valence-corrected chi connectivity index (χ1v) is 12.5. The number of amides is 2. The van der Waals surface area contributed by atoms with Crippen LogP contribution in [0.1, 0.15) is 28.9 Å². The summed E-state index contributed by atoms with van der Waals surface area (Å²) in [6.45, 7) is 6.87. The second-order valence-corrected chi connectivity index (χ2v) is 10.2. The third kappa shape index (κ3) is 4.33. The van der Waals surface area contributed by atoms with Crippen molar-refractivity contribution in [3.8, 4) is 0 Å². The van der Waals surface area contributed by atoms with E-state index in [9.17, 15) is 9.59 Å². The van der Waals surface area contributed by atoms with Crippen LogP contribution in [0.4, 0.5) is 0 Å². The van der Waals surface area contributed by atoms with Crippen molar-refractivity contribution in [3.05, 3.63) is 34.2 Å². The monoisotopic (exact) mass is 460 g/mol. The number of carbonyl (C=O) groups is 2. The van der Waals surface area contributed by atoms with Crippen molar-refractivity contribution >= 4 is 44.8 Å². The Kier molecular flexibility index (Phi) is 6.19. The van der Waals surface area contributed by atoms with Crippen LogP contribution in [0.3, 0.4) is 0 Å². The van der Waals surface area contributed by atoms with Crippen molar-refractivity contribution in [2.45, 2.75) is 25.3 Å². The van der Waals surface area contributed by atoms with Gasteiger partial charge in [0.25, 0.3) is 5.91 Å². The molecule has 2 saturated heterocycles. The highest BCUT2D eigenvalue weighted by molar-refractivity contribution is 7.21. The zero-order valence-corrected chi connectivity index (χ0v) is 19.3. The molecule has 8 heteroatoms. The van der Waals surface area contributed by atoms with Gasteiger partial charge in [0.2, 0.25) is 5.91 Å². The van der Waals surface area contributed by atoms with Crippen LogP contribution < -0.4 is 0 Å². The predicted octanol–water partition coefficient (Wildman–Crippen LogP) is 3.01. The molecule has 3 heterocycles. The summed E-state index contributed by atoms with van der Waals surface area (Å²) < 4.78 is 1.04. The fourth-order valence-electron chi connectivity index (χ4n) is 4.78. The molecule has 2 amide bonds. The molecular formula is C23H29ClN4O2S. The van der Waals surface area contributed by atoms with Gasteiger partial charge in [-0.25, -0.2) is 0 Å². The van der Waals surface area contributed by atoms with Gasteiger partial charge in [0.1, 0.15) is 4.88 Å². The van der Waals surface area contributed by atoms with Crippen molar-refractivity contribution < 1.29 is 9.59 Å². The molecule has 1 aromatic heterocycles. The van der Waals surface area contributed by atoms with Crippen molar-refractivity contribution in [3.63, 3.8) is 0 Å². The third-order valence-electron chi connectivity index (χ3n) is 7.01. The number of halogens is 1. The Labute approximate surface area is 192 Å². The molecule has 0 radical (unpaired) electrons. The summed E-state index contributed by atoms with van der Waals surface area (Å²) in [6, 6.07) is 8.63. The largest absolute Gasteiger partial charge is 0.339 e. The predicted molar refractivity (Wildman–Crippen MR) is 125 cm³/mol. The van der Waals surface area contributed by atoms with Crippen LogP contribution >= 0.6 is 22.9 Å². The van der Waals surface area contributed by atoms with E-state index in [0.29, 0.717) is 29.5 Å². The van der Waals surface area contributed by atoms with Crippen LogP contribution in [0, 0.1) is 0 Å². The van der Waals surface area contributed by atoms with Gasteiger partial charge in [0.05, 0.1) is 11.6 Å². The van der Waals surface area contributed by atoms with Crippen LogP contribution in [0.15, 0.2) is 24.3 Å². The number of rotatable bonds is 4.